The van der Waals surface area contributed by atoms with Gasteiger partial charge in [-0.25, -0.2) is 0 Å². The van der Waals surface area contributed by atoms with Crippen LogP contribution in [0, 0.1) is 5.92 Å². The van der Waals surface area contributed by atoms with Crippen LogP contribution in [-0.4, -0.2) is 61.7 Å². The van der Waals surface area contributed by atoms with Crippen molar-refractivity contribution in [3.63, 3.8) is 0 Å². The Morgan fingerprint density at radius 3 is 2.50 bits per heavy atom. The molecule has 2 saturated heterocycles. The van der Waals surface area contributed by atoms with Gasteiger partial charge in [-0.15, -0.1) is 0 Å². The van der Waals surface area contributed by atoms with Gasteiger partial charge in [0.2, 0.25) is 0 Å². The SMILES string of the molecule is CC1CCN(C(CN=C(N)N2CCOCC2)c2ccccc2)CC1. The van der Waals surface area contributed by atoms with Gasteiger partial charge in [-0.05, 0) is 37.4 Å². The van der Waals surface area contributed by atoms with E-state index in [4.69, 9.17) is 15.5 Å². The summed E-state index contributed by atoms with van der Waals surface area (Å²) in [7, 11) is 0. The van der Waals surface area contributed by atoms with Crippen LogP contribution in [-0.2, 0) is 4.74 Å². The predicted octanol–water partition coefficient (Wildman–Crippen LogP) is 2.11. The highest BCUT2D eigenvalue weighted by atomic mass is 16.5. The third-order valence-electron chi connectivity index (χ3n) is 5.20. The van der Waals surface area contributed by atoms with Crippen molar-refractivity contribution in [1.29, 1.82) is 0 Å². The molecule has 0 amide bonds. The molecular weight excluding hydrogens is 300 g/mol. The molecule has 2 aliphatic rings. The second-order valence-corrected chi connectivity index (χ2v) is 6.94. The van der Waals surface area contributed by atoms with Crippen LogP contribution in [0.4, 0.5) is 0 Å². The van der Waals surface area contributed by atoms with Crippen LogP contribution in [0.2, 0.25) is 0 Å². The first-order valence-corrected chi connectivity index (χ1v) is 9.15. The van der Waals surface area contributed by atoms with Crippen LogP contribution in [0.5, 0.6) is 0 Å². The van der Waals surface area contributed by atoms with Gasteiger partial charge in [-0.2, -0.15) is 0 Å². The van der Waals surface area contributed by atoms with Crippen molar-refractivity contribution in [2.75, 3.05) is 45.9 Å². The van der Waals surface area contributed by atoms with Gasteiger partial charge in [-0.1, -0.05) is 37.3 Å². The summed E-state index contributed by atoms with van der Waals surface area (Å²) in [6, 6.07) is 11.0. The van der Waals surface area contributed by atoms with Gasteiger partial charge in [-0.3, -0.25) is 9.89 Å². The summed E-state index contributed by atoms with van der Waals surface area (Å²) in [4.78, 5) is 9.45. The zero-order chi connectivity index (χ0) is 16.8. The van der Waals surface area contributed by atoms with E-state index in [1.54, 1.807) is 0 Å². The van der Waals surface area contributed by atoms with E-state index < -0.39 is 0 Å². The normalized spacial score (nSPS) is 22.5. The fraction of sp³-hybridized carbons (Fsp3) is 0.632. The van der Waals surface area contributed by atoms with E-state index in [0.717, 1.165) is 51.9 Å². The third kappa shape index (κ3) is 4.48. The number of nitrogens with zero attached hydrogens (tertiary/aromatic N) is 3. The Bertz CT molecular complexity index is 519. The van der Waals surface area contributed by atoms with Gasteiger partial charge in [0.1, 0.15) is 0 Å². The molecule has 2 aliphatic heterocycles. The summed E-state index contributed by atoms with van der Waals surface area (Å²) in [5.74, 6) is 1.49. The van der Waals surface area contributed by atoms with Crippen molar-refractivity contribution in [2.24, 2.45) is 16.6 Å². The molecule has 1 atom stereocenters. The first-order valence-electron chi connectivity index (χ1n) is 9.15. The first-order chi connectivity index (χ1) is 11.7. The highest BCUT2D eigenvalue weighted by molar-refractivity contribution is 5.78. The van der Waals surface area contributed by atoms with Crippen molar-refractivity contribution in [1.82, 2.24) is 9.80 Å². The van der Waals surface area contributed by atoms with E-state index in [1.807, 2.05) is 0 Å². The van der Waals surface area contributed by atoms with Crippen molar-refractivity contribution in [2.45, 2.75) is 25.8 Å². The Hall–Kier alpha value is -1.59. The molecule has 0 aliphatic carbocycles. The lowest BCUT2D eigenvalue weighted by molar-refractivity contribution is 0.0672. The molecule has 5 nitrogen and oxygen atoms in total. The lowest BCUT2D eigenvalue weighted by Gasteiger charge is -2.36. The van der Waals surface area contributed by atoms with Gasteiger partial charge in [0.05, 0.1) is 25.8 Å². The molecule has 0 bridgehead atoms. The second-order valence-electron chi connectivity index (χ2n) is 6.94. The Morgan fingerprint density at radius 1 is 1.17 bits per heavy atom. The van der Waals surface area contributed by atoms with E-state index >= 15 is 0 Å². The molecule has 1 unspecified atom stereocenters. The predicted molar refractivity (Wildman–Crippen MR) is 98.0 cm³/mol. The monoisotopic (exact) mass is 330 g/mol. The number of guanidine groups is 1. The summed E-state index contributed by atoms with van der Waals surface area (Å²) >= 11 is 0. The Kier molecular flexibility index (Phi) is 6.10. The summed E-state index contributed by atoms with van der Waals surface area (Å²) in [6.45, 7) is 8.52. The zero-order valence-corrected chi connectivity index (χ0v) is 14.7. The topological polar surface area (TPSA) is 54.1 Å². The number of ether oxygens (including phenoxy) is 1. The molecule has 5 heteroatoms. The molecule has 0 saturated carbocycles. The highest BCUT2D eigenvalue weighted by Gasteiger charge is 2.24. The number of likely N-dealkylation sites (tertiary alicyclic amines) is 1. The molecule has 0 radical (unpaired) electrons. The van der Waals surface area contributed by atoms with E-state index in [1.165, 1.54) is 18.4 Å². The maximum Gasteiger partial charge on any atom is 0.191 e. The standard InChI is InChI=1S/C19H30N4O/c1-16-7-9-22(10-8-16)18(17-5-3-2-4-6-17)15-21-19(20)23-11-13-24-14-12-23/h2-6,16,18H,7-15H2,1H3,(H2,20,21). The van der Waals surface area contributed by atoms with E-state index in [2.05, 4.69) is 47.1 Å². The lowest BCUT2D eigenvalue weighted by Crippen LogP contribution is -2.45. The molecule has 132 valence electrons. The van der Waals surface area contributed by atoms with Gasteiger partial charge < -0.3 is 15.4 Å². The fourth-order valence-corrected chi connectivity index (χ4v) is 3.52. The fourth-order valence-electron chi connectivity index (χ4n) is 3.52. The Morgan fingerprint density at radius 2 is 1.83 bits per heavy atom. The number of morpholine rings is 1. The number of hydrogen-bond acceptors (Lipinski definition) is 3. The van der Waals surface area contributed by atoms with Crippen LogP contribution < -0.4 is 5.73 Å². The summed E-state index contributed by atoms with van der Waals surface area (Å²) in [5.41, 5.74) is 7.57. The van der Waals surface area contributed by atoms with Gasteiger partial charge in [0.15, 0.2) is 5.96 Å². The number of benzene rings is 1. The van der Waals surface area contributed by atoms with E-state index in [-0.39, 0.29) is 0 Å². The van der Waals surface area contributed by atoms with Crippen molar-refractivity contribution in [3.05, 3.63) is 35.9 Å². The summed E-state index contributed by atoms with van der Waals surface area (Å²) in [6.07, 6.45) is 2.54. The molecule has 0 aromatic heterocycles. The minimum atomic E-state index is 0.318. The highest BCUT2D eigenvalue weighted by Crippen LogP contribution is 2.27. The molecule has 3 rings (SSSR count). The number of hydrogen-bond donors (Lipinski definition) is 1. The number of rotatable bonds is 4. The largest absolute Gasteiger partial charge is 0.378 e. The zero-order valence-electron chi connectivity index (χ0n) is 14.7. The van der Waals surface area contributed by atoms with Crippen molar-refractivity contribution >= 4 is 5.96 Å². The third-order valence-corrected chi connectivity index (χ3v) is 5.20. The molecule has 1 aromatic rings. The van der Waals surface area contributed by atoms with E-state index in [9.17, 15) is 0 Å². The van der Waals surface area contributed by atoms with Crippen molar-refractivity contribution in [3.8, 4) is 0 Å². The minimum absolute atomic E-state index is 0.318. The van der Waals surface area contributed by atoms with Crippen LogP contribution in [0.15, 0.2) is 35.3 Å². The number of piperidine rings is 1. The molecular formula is C19H30N4O. The summed E-state index contributed by atoms with van der Waals surface area (Å²) < 4.78 is 5.39. The summed E-state index contributed by atoms with van der Waals surface area (Å²) in [5, 5.41) is 0. The van der Waals surface area contributed by atoms with Crippen LogP contribution in [0.25, 0.3) is 0 Å². The molecule has 24 heavy (non-hydrogen) atoms. The smallest absolute Gasteiger partial charge is 0.191 e. The van der Waals surface area contributed by atoms with Crippen LogP contribution >= 0.6 is 0 Å². The molecule has 0 spiro atoms. The number of nitrogens with two attached hydrogens (primary N) is 1. The average molecular weight is 330 g/mol. The number of aliphatic imine (C=N–C) groups is 1. The second kappa shape index (κ2) is 8.49. The first kappa shape index (κ1) is 17.2. The van der Waals surface area contributed by atoms with Gasteiger partial charge >= 0.3 is 0 Å². The molecule has 2 heterocycles. The van der Waals surface area contributed by atoms with Gasteiger partial charge in [0.25, 0.3) is 0 Å². The van der Waals surface area contributed by atoms with Crippen molar-refractivity contribution < 1.29 is 4.74 Å². The lowest BCUT2D eigenvalue weighted by atomic mass is 9.96. The maximum atomic E-state index is 6.23. The minimum Gasteiger partial charge on any atom is -0.378 e. The van der Waals surface area contributed by atoms with Crippen LogP contribution in [0.3, 0.4) is 0 Å². The quantitative estimate of drug-likeness (QED) is 0.678. The Balaban J connectivity index is 1.70. The molecule has 1 aromatic carbocycles. The van der Waals surface area contributed by atoms with E-state index in [0.29, 0.717) is 12.0 Å². The Labute approximate surface area is 145 Å². The molecule has 2 fully saturated rings. The molecule has 2 N–H and O–H groups in total. The maximum absolute atomic E-state index is 6.23. The average Bonchev–Trinajstić information content (AvgIpc) is 2.65. The van der Waals surface area contributed by atoms with Gasteiger partial charge in [0, 0.05) is 13.1 Å². The van der Waals surface area contributed by atoms with Crippen LogP contribution in [0.1, 0.15) is 31.4 Å².